The average Bonchev–Trinajstić information content (AvgIpc) is 3.23. The Balaban J connectivity index is 1.55. The first-order chi connectivity index (χ1) is 9.90. The molecule has 1 unspecified atom stereocenters. The molecule has 3 aromatic rings. The highest BCUT2D eigenvalue weighted by Crippen LogP contribution is 2.28. The smallest absolute Gasteiger partial charge is 0.120 e. The normalized spacial score (nSPS) is 17.7. The van der Waals surface area contributed by atoms with Crippen LogP contribution in [0.3, 0.4) is 0 Å². The molecule has 0 bridgehead atoms. The van der Waals surface area contributed by atoms with Crippen molar-refractivity contribution in [2.24, 2.45) is 0 Å². The number of rotatable bonds is 5. The topological polar surface area (TPSA) is 37.5 Å². The monoisotopic (exact) mass is 267 g/mol. The predicted octanol–water partition coefficient (Wildman–Crippen LogP) is 3.88. The number of benzene rings is 2. The molecule has 2 heterocycles. The van der Waals surface area contributed by atoms with E-state index < -0.39 is 0 Å². The maximum Gasteiger partial charge on any atom is 0.120 e. The van der Waals surface area contributed by atoms with E-state index >= 15 is 0 Å². The van der Waals surface area contributed by atoms with Gasteiger partial charge in [-0.25, -0.2) is 0 Å². The van der Waals surface area contributed by atoms with Crippen LogP contribution in [0.1, 0.15) is 12.8 Å². The van der Waals surface area contributed by atoms with Crippen molar-refractivity contribution in [1.82, 2.24) is 4.98 Å². The minimum Gasteiger partial charge on any atom is -0.494 e. The van der Waals surface area contributed by atoms with Gasteiger partial charge < -0.3 is 14.5 Å². The lowest BCUT2D eigenvalue weighted by Crippen LogP contribution is -1.99. The fourth-order valence-electron chi connectivity index (χ4n) is 2.65. The van der Waals surface area contributed by atoms with Crippen LogP contribution in [-0.2, 0) is 4.74 Å². The van der Waals surface area contributed by atoms with E-state index in [4.69, 9.17) is 9.47 Å². The third kappa shape index (κ3) is 2.25. The summed E-state index contributed by atoms with van der Waals surface area (Å²) >= 11 is 0. The summed E-state index contributed by atoms with van der Waals surface area (Å²) in [5.74, 6) is 0.943. The standard InChI is InChI=1S/C17H17NO2/c1-2-6-16-14(5-1)15-10-12(7-8-17(15)18-16)19-9-3-4-13-11-20-13/h1-2,5-8,10,13,18H,3-4,9,11H2. The van der Waals surface area contributed by atoms with Crippen LogP contribution in [0, 0.1) is 0 Å². The molecule has 1 aliphatic rings. The number of H-pyrrole nitrogens is 1. The van der Waals surface area contributed by atoms with Gasteiger partial charge in [-0.1, -0.05) is 18.2 Å². The molecular weight excluding hydrogens is 250 g/mol. The maximum atomic E-state index is 5.84. The summed E-state index contributed by atoms with van der Waals surface area (Å²) in [5, 5.41) is 2.47. The lowest BCUT2D eigenvalue weighted by atomic mass is 10.1. The number of hydrogen-bond acceptors (Lipinski definition) is 2. The number of para-hydroxylation sites is 1. The van der Waals surface area contributed by atoms with E-state index in [-0.39, 0.29) is 0 Å². The quantitative estimate of drug-likeness (QED) is 0.562. The summed E-state index contributed by atoms with van der Waals surface area (Å²) in [5.41, 5.74) is 2.33. The van der Waals surface area contributed by atoms with Crippen molar-refractivity contribution < 1.29 is 9.47 Å². The van der Waals surface area contributed by atoms with Gasteiger partial charge in [0.15, 0.2) is 0 Å². The highest BCUT2D eigenvalue weighted by atomic mass is 16.6. The number of nitrogens with one attached hydrogen (secondary N) is 1. The molecule has 1 aliphatic heterocycles. The fourth-order valence-corrected chi connectivity index (χ4v) is 2.65. The molecule has 0 radical (unpaired) electrons. The van der Waals surface area contributed by atoms with Crippen LogP contribution < -0.4 is 4.74 Å². The molecule has 1 N–H and O–H groups in total. The number of epoxide rings is 1. The molecule has 0 saturated carbocycles. The van der Waals surface area contributed by atoms with Crippen LogP contribution in [-0.4, -0.2) is 24.3 Å². The van der Waals surface area contributed by atoms with Gasteiger partial charge in [0.2, 0.25) is 0 Å². The van der Waals surface area contributed by atoms with Crippen LogP contribution in [0.5, 0.6) is 5.75 Å². The van der Waals surface area contributed by atoms with Crippen molar-refractivity contribution in [3.05, 3.63) is 42.5 Å². The summed E-state index contributed by atoms with van der Waals surface area (Å²) in [4.78, 5) is 3.42. The largest absolute Gasteiger partial charge is 0.494 e. The first kappa shape index (κ1) is 11.8. The van der Waals surface area contributed by atoms with Gasteiger partial charge in [-0.05, 0) is 37.1 Å². The second kappa shape index (κ2) is 4.84. The molecule has 0 aliphatic carbocycles. The first-order valence-corrected chi connectivity index (χ1v) is 7.15. The van der Waals surface area contributed by atoms with E-state index in [9.17, 15) is 0 Å². The zero-order valence-corrected chi connectivity index (χ0v) is 11.3. The summed E-state index contributed by atoms with van der Waals surface area (Å²) in [6, 6.07) is 14.6. The van der Waals surface area contributed by atoms with Crippen LogP contribution in [0.4, 0.5) is 0 Å². The number of hydrogen-bond donors (Lipinski definition) is 1. The van der Waals surface area contributed by atoms with Gasteiger partial charge in [0.1, 0.15) is 5.75 Å². The summed E-state index contributed by atoms with van der Waals surface area (Å²) in [6.07, 6.45) is 2.65. The lowest BCUT2D eigenvalue weighted by Gasteiger charge is -2.05. The minimum absolute atomic E-state index is 0.495. The van der Waals surface area contributed by atoms with Gasteiger partial charge in [-0.15, -0.1) is 0 Å². The Morgan fingerprint density at radius 1 is 1.10 bits per heavy atom. The highest BCUT2D eigenvalue weighted by molar-refractivity contribution is 6.07. The Kier molecular flexibility index (Phi) is 2.85. The summed E-state index contributed by atoms with van der Waals surface area (Å²) in [6.45, 7) is 1.69. The summed E-state index contributed by atoms with van der Waals surface area (Å²) < 4.78 is 11.0. The van der Waals surface area contributed by atoms with Gasteiger partial charge in [-0.3, -0.25) is 0 Å². The Hall–Kier alpha value is -2.00. The van der Waals surface area contributed by atoms with Crippen molar-refractivity contribution >= 4 is 21.8 Å². The Labute approximate surface area is 117 Å². The fraction of sp³-hybridized carbons (Fsp3) is 0.294. The van der Waals surface area contributed by atoms with E-state index in [1.807, 2.05) is 6.07 Å². The molecule has 20 heavy (non-hydrogen) atoms. The van der Waals surface area contributed by atoms with E-state index in [1.54, 1.807) is 0 Å². The first-order valence-electron chi connectivity index (χ1n) is 7.15. The third-order valence-corrected chi connectivity index (χ3v) is 3.82. The third-order valence-electron chi connectivity index (χ3n) is 3.82. The average molecular weight is 267 g/mol. The van der Waals surface area contributed by atoms with Crippen molar-refractivity contribution in [2.75, 3.05) is 13.2 Å². The van der Waals surface area contributed by atoms with E-state index in [0.717, 1.165) is 37.3 Å². The van der Waals surface area contributed by atoms with Gasteiger partial charge in [0, 0.05) is 21.8 Å². The Bertz CT molecular complexity index is 743. The van der Waals surface area contributed by atoms with Crippen LogP contribution in [0.25, 0.3) is 21.8 Å². The predicted molar refractivity (Wildman–Crippen MR) is 80.3 cm³/mol. The molecule has 1 atom stereocenters. The number of aromatic amines is 1. The van der Waals surface area contributed by atoms with Crippen molar-refractivity contribution in [3.63, 3.8) is 0 Å². The molecule has 3 nitrogen and oxygen atoms in total. The van der Waals surface area contributed by atoms with E-state index in [1.165, 1.54) is 16.3 Å². The van der Waals surface area contributed by atoms with Gasteiger partial charge in [0.05, 0.1) is 19.3 Å². The van der Waals surface area contributed by atoms with Gasteiger partial charge >= 0.3 is 0 Å². The molecule has 4 rings (SSSR count). The molecule has 3 heteroatoms. The van der Waals surface area contributed by atoms with Crippen LogP contribution in [0.15, 0.2) is 42.5 Å². The van der Waals surface area contributed by atoms with Crippen molar-refractivity contribution in [1.29, 1.82) is 0 Å². The maximum absolute atomic E-state index is 5.84. The van der Waals surface area contributed by atoms with Gasteiger partial charge in [-0.2, -0.15) is 0 Å². The SMILES string of the molecule is c1ccc2c(c1)[nH]c1ccc(OCCCC3CO3)cc12. The van der Waals surface area contributed by atoms with Crippen LogP contribution >= 0.6 is 0 Å². The minimum atomic E-state index is 0.495. The molecule has 1 fully saturated rings. The zero-order chi connectivity index (χ0) is 13.4. The van der Waals surface area contributed by atoms with Crippen molar-refractivity contribution in [2.45, 2.75) is 18.9 Å². The van der Waals surface area contributed by atoms with Gasteiger partial charge in [0.25, 0.3) is 0 Å². The number of fused-ring (bicyclic) bond motifs is 3. The molecule has 1 aromatic heterocycles. The number of aromatic nitrogens is 1. The molecule has 0 amide bonds. The molecule has 102 valence electrons. The lowest BCUT2D eigenvalue weighted by molar-refractivity contribution is 0.294. The second-order valence-electron chi connectivity index (χ2n) is 5.32. The number of ether oxygens (including phenoxy) is 2. The molecule has 0 spiro atoms. The second-order valence-corrected chi connectivity index (χ2v) is 5.32. The van der Waals surface area contributed by atoms with Crippen LogP contribution in [0.2, 0.25) is 0 Å². The van der Waals surface area contributed by atoms with E-state index in [0.29, 0.717) is 6.10 Å². The molecule has 1 saturated heterocycles. The molecular formula is C17H17NO2. The summed E-state index contributed by atoms with van der Waals surface area (Å²) in [7, 11) is 0. The Morgan fingerprint density at radius 3 is 2.85 bits per heavy atom. The molecule has 2 aromatic carbocycles. The highest BCUT2D eigenvalue weighted by Gasteiger charge is 2.21. The van der Waals surface area contributed by atoms with Crippen molar-refractivity contribution in [3.8, 4) is 5.75 Å². The zero-order valence-electron chi connectivity index (χ0n) is 11.3. The Morgan fingerprint density at radius 2 is 1.95 bits per heavy atom. The van der Waals surface area contributed by atoms with E-state index in [2.05, 4.69) is 41.4 Å².